The molecule has 0 aliphatic carbocycles. The van der Waals surface area contributed by atoms with Crippen LogP contribution in [0.3, 0.4) is 0 Å². The lowest BCUT2D eigenvalue weighted by Gasteiger charge is -2.12. The topological polar surface area (TPSA) is 117 Å². The van der Waals surface area contributed by atoms with Gasteiger partial charge in [0.25, 0.3) is 11.8 Å². The zero-order chi connectivity index (χ0) is 21.4. The minimum absolute atomic E-state index is 0.200. The van der Waals surface area contributed by atoms with Crippen LogP contribution in [0, 0.1) is 0 Å². The summed E-state index contributed by atoms with van der Waals surface area (Å²) in [6.07, 6.45) is 1.69. The van der Waals surface area contributed by atoms with Crippen molar-refractivity contribution in [1.29, 1.82) is 0 Å². The molecule has 0 unspecified atom stereocenters. The molecule has 0 fully saturated rings. The fourth-order valence-corrected chi connectivity index (χ4v) is 3.11. The Morgan fingerprint density at radius 1 is 1.24 bits per heavy atom. The van der Waals surface area contributed by atoms with Crippen LogP contribution >= 0.6 is 11.3 Å². The number of rotatable bonds is 9. The predicted molar refractivity (Wildman–Crippen MR) is 110 cm³/mol. The number of nitrogens with one attached hydrogen (secondary N) is 1. The molecule has 0 radical (unpaired) electrons. The third-order valence-corrected chi connectivity index (χ3v) is 4.56. The van der Waals surface area contributed by atoms with E-state index in [-0.39, 0.29) is 5.56 Å². The fraction of sp³-hybridized carbons (Fsp3) is 0.250. The molecule has 0 spiro atoms. The number of nitrogens with two attached hydrogens (primary N) is 1. The second-order valence-electron chi connectivity index (χ2n) is 5.77. The Labute approximate surface area is 172 Å². The first-order chi connectivity index (χ1) is 13.8. The minimum Gasteiger partial charge on any atom is -0.493 e. The molecule has 2 aromatic rings. The first-order valence-electron chi connectivity index (χ1n) is 8.73. The molecular formula is C20H22N2O6S. The number of amides is 2. The molecule has 0 saturated heterocycles. The van der Waals surface area contributed by atoms with Gasteiger partial charge in [-0.15, -0.1) is 11.3 Å². The van der Waals surface area contributed by atoms with Gasteiger partial charge in [-0.25, -0.2) is 4.79 Å². The average Bonchev–Trinajstić information content (AvgIpc) is 3.15. The number of esters is 1. The number of primary amides is 1. The maximum absolute atomic E-state index is 12.2. The van der Waals surface area contributed by atoms with Crippen LogP contribution in [0.2, 0.25) is 0 Å². The van der Waals surface area contributed by atoms with E-state index in [4.69, 9.17) is 19.9 Å². The standard InChI is InChI=1S/C20H22N2O6S/c1-4-27-16-11-13(5-7-15(16)26-3)6-8-17(23)28-12(2)19(25)22-20-14(18(21)24)9-10-29-20/h5-12H,4H2,1-3H3,(H2,21,24)(H,22,25)/b8-6+/t12-/m0/s1. The van der Waals surface area contributed by atoms with E-state index in [0.29, 0.717) is 28.7 Å². The van der Waals surface area contributed by atoms with Gasteiger partial charge in [0.1, 0.15) is 5.00 Å². The summed E-state index contributed by atoms with van der Waals surface area (Å²) in [6, 6.07) is 6.71. The Hall–Kier alpha value is -3.33. The Bertz CT molecular complexity index is 921. The highest BCUT2D eigenvalue weighted by atomic mass is 32.1. The van der Waals surface area contributed by atoms with Gasteiger partial charge >= 0.3 is 5.97 Å². The molecule has 0 bridgehead atoms. The van der Waals surface area contributed by atoms with Crippen LogP contribution in [-0.2, 0) is 14.3 Å². The van der Waals surface area contributed by atoms with E-state index in [1.807, 2.05) is 6.92 Å². The summed E-state index contributed by atoms with van der Waals surface area (Å²) >= 11 is 1.15. The van der Waals surface area contributed by atoms with E-state index >= 15 is 0 Å². The van der Waals surface area contributed by atoms with Crippen LogP contribution in [0.15, 0.2) is 35.7 Å². The van der Waals surface area contributed by atoms with Gasteiger partial charge in [-0.2, -0.15) is 0 Å². The monoisotopic (exact) mass is 418 g/mol. The lowest BCUT2D eigenvalue weighted by atomic mass is 10.2. The predicted octanol–water partition coefficient (Wildman–Crippen LogP) is 2.84. The van der Waals surface area contributed by atoms with E-state index in [2.05, 4.69) is 5.32 Å². The summed E-state index contributed by atoms with van der Waals surface area (Å²) in [4.78, 5) is 35.5. The molecule has 29 heavy (non-hydrogen) atoms. The number of carbonyl (C=O) groups excluding carboxylic acids is 3. The van der Waals surface area contributed by atoms with E-state index in [1.54, 1.807) is 36.8 Å². The largest absolute Gasteiger partial charge is 0.493 e. The molecule has 1 heterocycles. The molecule has 0 aliphatic rings. The van der Waals surface area contributed by atoms with Gasteiger partial charge in [0, 0.05) is 6.08 Å². The number of hydrogen-bond donors (Lipinski definition) is 2. The normalized spacial score (nSPS) is 11.7. The van der Waals surface area contributed by atoms with Gasteiger partial charge in [0.2, 0.25) is 0 Å². The third-order valence-electron chi connectivity index (χ3n) is 3.73. The van der Waals surface area contributed by atoms with Crippen molar-refractivity contribution in [2.75, 3.05) is 19.0 Å². The van der Waals surface area contributed by atoms with E-state index in [0.717, 1.165) is 11.3 Å². The summed E-state index contributed by atoms with van der Waals surface area (Å²) in [5.74, 6) is -0.775. The molecule has 3 N–H and O–H groups in total. The second kappa shape index (κ2) is 10.3. The molecule has 1 atom stereocenters. The van der Waals surface area contributed by atoms with Crippen LogP contribution in [-0.4, -0.2) is 37.6 Å². The maximum atomic E-state index is 12.2. The third kappa shape index (κ3) is 6.08. The second-order valence-corrected chi connectivity index (χ2v) is 6.69. The number of carbonyl (C=O) groups is 3. The van der Waals surface area contributed by atoms with Crippen LogP contribution < -0.4 is 20.5 Å². The maximum Gasteiger partial charge on any atom is 0.331 e. The lowest BCUT2D eigenvalue weighted by Crippen LogP contribution is -2.29. The number of methoxy groups -OCH3 is 1. The van der Waals surface area contributed by atoms with Crippen molar-refractivity contribution in [3.05, 3.63) is 46.8 Å². The lowest BCUT2D eigenvalue weighted by molar-refractivity contribution is -0.148. The Kier molecular flexibility index (Phi) is 7.79. The Morgan fingerprint density at radius 2 is 2.00 bits per heavy atom. The number of ether oxygens (including phenoxy) is 3. The first kappa shape index (κ1) is 22.0. The van der Waals surface area contributed by atoms with Crippen molar-refractivity contribution in [3.63, 3.8) is 0 Å². The van der Waals surface area contributed by atoms with Crippen LogP contribution in [0.4, 0.5) is 5.00 Å². The van der Waals surface area contributed by atoms with E-state index < -0.39 is 23.9 Å². The molecule has 1 aromatic heterocycles. The molecule has 154 valence electrons. The highest BCUT2D eigenvalue weighted by molar-refractivity contribution is 7.14. The zero-order valence-corrected chi connectivity index (χ0v) is 17.1. The molecule has 0 aliphatic heterocycles. The summed E-state index contributed by atoms with van der Waals surface area (Å²) in [5, 5.41) is 4.47. The Morgan fingerprint density at radius 3 is 2.66 bits per heavy atom. The van der Waals surface area contributed by atoms with Crippen molar-refractivity contribution in [2.45, 2.75) is 20.0 Å². The zero-order valence-electron chi connectivity index (χ0n) is 16.3. The van der Waals surface area contributed by atoms with Gasteiger partial charge < -0.3 is 25.3 Å². The van der Waals surface area contributed by atoms with Gasteiger partial charge in [0.05, 0.1) is 19.3 Å². The SMILES string of the molecule is CCOc1cc(/C=C/C(=O)O[C@@H](C)C(=O)Nc2sccc2C(N)=O)ccc1OC. The molecule has 8 nitrogen and oxygen atoms in total. The molecule has 9 heteroatoms. The van der Waals surface area contributed by atoms with Gasteiger partial charge in [0.15, 0.2) is 17.6 Å². The first-order valence-corrected chi connectivity index (χ1v) is 9.61. The highest BCUT2D eigenvalue weighted by Gasteiger charge is 2.19. The fourth-order valence-electron chi connectivity index (χ4n) is 2.31. The van der Waals surface area contributed by atoms with Crippen molar-refractivity contribution in [2.24, 2.45) is 5.73 Å². The quantitative estimate of drug-likeness (QED) is 0.478. The van der Waals surface area contributed by atoms with Crippen LogP contribution in [0.1, 0.15) is 29.8 Å². The van der Waals surface area contributed by atoms with Crippen molar-refractivity contribution in [1.82, 2.24) is 0 Å². The summed E-state index contributed by atoms with van der Waals surface area (Å²) < 4.78 is 15.8. The molecule has 2 rings (SSSR count). The molecular weight excluding hydrogens is 396 g/mol. The number of anilines is 1. The van der Waals surface area contributed by atoms with Crippen molar-refractivity contribution in [3.8, 4) is 11.5 Å². The van der Waals surface area contributed by atoms with E-state index in [1.165, 1.54) is 19.1 Å². The summed E-state index contributed by atoms with van der Waals surface area (Å²) in [7, 11) is 1.54. The van der Waals surface area contributed by atoms with E-state index in [9.17, 15) is 14.4 Å². The summed E-state index contributed by atoms with van der Waals surface area (Å²) in [5.41, 5.74) is 6.14. The van der Waals surface area contributed by atoms with Gasteiger partial charge in [-0.05, 0) is 49.1 Å². The van der Waals surface area contributed by atoms with Crippen LogP contribution in [0.5, 0.6) is 11.5 Å². The Balaban J connectivity index is 1.97. The van der Waals surface area contributed by atoms with Gasteiger partial charge in [-0.3, -0.25) is 9.59 Å². The number of hydrogen-bond acceptors (Lipinski definition) is 7. The minimum atomic E-state index is -1.06. The van der Waals surface area contributed by atoms with Crippen molar-refractivity contribution < 1.29 is 28.6 Å². The van der Waals surface area contributed by atoms with Gasteiger partial charge in [-0.1, -0.05) is 6.07 Å². The average molecular weight is 418 g/mol. The van der Waals surface area contributed by atoms with Crippen LogP contribution in [0.25, 0.3) is 6.08 Å². The van der Waals surface area contributed by atoms with Crippen molar-refractivity contribution >= 4 is 40.2 Å². The summed E-state index contributed by atoms with van der Waals surface area (Å²) in [6.45, 7) is 3.76. The molecule has 2 amide bonds. The molecule has 0 saturated carbocycles. The smallest absolute Gasteiger partial charge is 0.331 e. The number of thiophene rings is 1. The molecule has 1 aromatic carbocycles. The number of benzene rings is 1. The highest BCUT2D eigenvalue weighted by Crippen LogP contribution is 2.28.